The average Bonchev–Trinajstić information content (AvgIpc) is 2.89. The number of sulfone groups is 1. The number of carbonyl (C=O) groups is 2. The lowest BCUT2D eigenvalue weighted by molar-refractivity contribution is -0.122. The van der Waals surface area contributed by atoms with Crippen molar-refractivity contribution in [1.82, 2.24) is 9.80 Å². The van der Waals surface area contributed by atoms with Gasteiger partial charge < -0.3 is 20.1 Å². The summed E-state index contributed by atoms with van der Waals surface area (Å²) in [6.45, 7) is 10.9. The van der Waals surface area contributed by atoms with Crippen molar-refractivity contribution in [2.24, 2.45) is 0 Å². The number of rotatable bonds is 8. The van der Waals surface area contributed by atoms with Crippen LogP contribution in [0, 0.1) is 0 Å². The van der Waals surface area contributed by atoms with Gasteiger partial charge in [-0.25, -0.2) is 8.42 Å². The van der Waals surface area contributed by atoms with Crippen LogP contribution in [0.1, 0.15) is 27.7 Å². The highest BCUT2D eigenvalue weighted by molar-refractivity contribution is 7.91. The number of carbonyl (C=O) groups excluding carboxylic acids is 2. The number of hydrogen-bond acceptors (Lipinski definition) is 8. The van der Waals surface area contributed by atoms with Crippen LogP contribution in [0.5, 0.6) is 0 Å². The lowest BCUT2D eigenvalue weighted by Gasteiger charge is -2.38. The highest BCUT2D eigenvalue weighted by Gasteiger charge is 2.28. The van der Waals surface area contributed by atoms with Crippen LogP contribution < -0.4 is 10.6 Å². The number of amides is 2. The molecule has 0 unspecified atom stereocenters. The molecular formula is C28H38N4O6S. The van der Waals surface area contributed by atoms with Gasteiger partial charge in [-0.05, 0) is 76.2 Å². The maximum absolute atomic E-state index is 13.2. The van der Waals surface area contributed by atoms with E-state index in [1.807, 2.05) is 27.7 Å². The molecule has 212 valence electrons. The van der Waals surface area contributed by atoms with Crippen LogP contribution in [0.2, 0.25) is 0 Å². The first kappa shape index (κ1) is 29.2. The van der Waals surface area contributed by atoms with E-state index in [0.29, 0.717) is 37.8 Å². The Morgan fingerprint density at radius 1 is 0.667 bits per heavy atom. The number of nitrogens with one attached hydrogen (secondary N) is 2. The third kappa shape index (κ3) is 7.23. The summed E-state index contributed by atoms with van der Waals surface area (Å²) in [6.07, 6.45) is 0. The molecule has 2 N–H and O–H groups in total. The predicted molar refractivity (Wildman–Crippen MR) is 148 cm³/mol. The van der Waals surface area contributed by atoms with Crippen molar-refractivity contribution in [2.75, 3.05) is 50.2 Å². The molecule has 2 saturated heterocycles. The van der Waals surface area contributed by atoms with Gasteiger partial charge >= 0.3 is 0 Å². The van der Waals surface area contributed by atoms with Gasteiger partial charge in [-0.15, -0.1) is 0 Å². The van der Waals surface area contributed by atoms with Crippen LogP contribution in [0.15, 0.2) is 58.3 Å². The number of hydrogen-bond donors (Lipinski definition) is 2. The molecule has 0 bridgehead atoms. The van der Waals surface area contributed by atoms with Crippen molar-refractivity contribution in [1.29, 1.82) is 0 Å². The molecule has 11 heteroatoms. The Kier molecular flexibility index (Phi) is 9.39. The summed E-state index contributed by atoms with van der Waals surface area (Å²) in [7, 11) is -3.77. The largest absolute Gasteiger partial charge is 0.378 e. The number of benzene rings is 2. The van der Waals surface area contributed by atoms with E-state index in [1.54, 1.807) is 24.3 Å². The summed E-state index contributed by atoms with van der Waals surface area (Å²) in [5.74, 6) is -0.331. The number of morpholine rings is 2. The minimum Gasteiger partial charge on any atom is -0.378 e. The number of ether oxygens (including phenoxy) is 2. The van der Waals surface area contributed by atoms with E-state index in [-0.39, 0.29) is 58.9 Å². The average molecular weight is 559 g/mol. The molecule has 0 spiro atoms. The van der Waals surface area contributed by atoms with E-state index < -0.39 is 9.84 Å². The molecule has 0 aliphatic carbocycles. The van der Waals surface area contributed by atoms with E-state index in [1.165, 1.54) is 24.3 Å². The van der Waals surface area contributed by atoms with E-state index in [4.69, 9.17) is 9.47 Å². The van der Waals surface area contributed by atoms with Crippen LogP contribution >= 0.6 is 0 Å². The monoisotopic (exact) mass is 558 g/mol. The fourth-order valence-corrected chi connectivity index (χ4v) is 6.26. The first-order chi connectivity index (χ1) is 18.5. The van der Waals surface area contributed by atoms with Crippen LogP contribution in [0.4, 0.5) is 11.4 Å². The summed E-state index contributed by atoms with van der Waals surface area (Å²) in [6, 6.07) is 12.8. The summed E-state index contributed by atoms with van der Waals surface area (Å²) in [4.78, 5) is 29.6. The third-order valence-corrected chi connectivity index (χ3v) is 9.04. The summed E-state index contributed by atoms with van der Waals surface area (Å²) in [5.41, 5.74) is 1.05. The van der Waals surface area contributed by atoms with Gasteiger partial charge in [0.15, 0.2) is 0 Å². The molecule has 4 rings (SSSR count). The Morgan fingerprint density at radius 3 is 1.28 bits per heavy atom. The molecule has 2 aliphatic rings. The van der Waals surface area contributed by atoms with E-state index in [2.05, 4.69) is 20.4 Å². The van der Waals surface area contributed by atoms with E-state index in [0.717, 1.165) is 0 Å². The van der Waals surface area contributed by atoms with E-state index >= 15 is 0 Å². The maximum Gasteiger partial charge on any atom is 0.238 e. The Bertz CT molecular complexity index is 1140. The second kappa shape index (κ2) is 12.6. The Balaban J connectivity index is 1.34. The molecule has 2 amide bonds. The van der Waals surface area contributed by atoms with Gasteiger partial charge in [-0.2, -0.15) is 0 Å². The summed E-state index contributed by atoms with van der Waals surface area (Å²) < 4.78 is 37.3. The highest BCUT2D eigenvalue weighted by Crippen LogP contribution is 2.24. The molecular weight excluding hydrogens is 520 g/mol. The zero-order valence-electron chi connectivity index (χ0n) is 22.9. The molecule has 0 saturated carbocycles. The second-order valence-corrected chi connectivity index (χ2v) is 12.4. The van der Waals surface area contributed by atoms with Crippen molar-refractivity contribution in [3.05, 3.63) is 48.5 Å². The van der Waals surface area contributed by atoms with Gasteiger partial charge in [0, 0.05) is 35.5 Å². The van der Waals surface area contributed by atoms with Crippen molar-refractivity contribution >= 4 is 33.0 Å². The van der Waals surface area contributed by atoms with Crippen molar-refractivity contribution in [3.63, 3.8) is 0 Å². The maximum atomic E-state index is 13.2. The second-order valence-electron chi connectivity index (χ2n) is 10.5. The lowest BCUT2D eigenvalue weighted by atomic mass is 10.1. The fraction of sp³-hybridized carbons (Fsp3) is 0.500. The minimum atomic E-state index is -3.77. The van der Waals surface area contributed by atoms with Gasteiger partial charge in [-0.1, -0.05) is 0 Å². The van der Waals surface area contributed by atoms with Crippen LogP contribution in [0.3, 0.4) is 0 Å². The molecule has 2 aliphatic heterocycles. The fourth-order valence-electron chi connectivity index (χ4n) is 5.00. The van der Waals surface area contributed by atoms with Gasteiger partial charge in [0.2, 0.25) is 21.7 Å². The van der Waals surface area contributed by atoms with Crippen LogP contribution in [-0.4, -0.2) is 93.7 Å². The summed E-state index contributed by atoms with van der Waals surface area (Å²) >= 11 is 0. The standard InChI is InChI=1S/C28H38N4O6S/c1-19-15-37-16-20(2)31(19)13-27(33)29-23-5-9-25(10-6-23)39(35,36)26-11-7-24(8-12-26)30-28(34)14-32-21(3)17-38-18-22(32)4/h5-12,19-22H,13-18H2,1-4H3,(H,29,33)(H,30,34)/t19-,20-,21-,22+/m0/s1. The first-order valence-electron chi connectivity index (χ1n) is 13.3. The summed E-state index contributed by atoms with van der Waals surface area (Å²) in [5, 5.41) is 5.68. The Hall–Kier alpha value is -2.83. The Morgan fingerprint density at radius 2 is 0.974 bits per heavy atom. The van der Waals surface area contributed by atoms with Crippen molar-refractivity contribution in [2.45, 2.75) is 61.7 Å². The smallest absolute Gasteiger partial charge is 0.238 e. The van der Waals surface area contributed by atoms with Crippen LogP contribution in [0.25, 0.3) is 0 Å². The molecule has 2 fully saturated rings. The first-order valence-corrected chi connectivity index (χ1v) is 14.7. The van der Waals surface area contributed by atoms with Gasteiger partial charge in [0.25, 0.3) is 0 Å². The Labute approximate surface area is 230 Å². The zero-order valence-corrected chi connectivity index (χ0v) is 23.7. The van der Waals surface area contributed by atoms with Gasteiger partial charge in [0.1, 0.15) is 0 Å². The SMILES string of the molecule is C[C@@H]1COC[C@H](C)N1CC(=O)Nc1ccc(S(=O)(=O)c2ccc(NC(=O)CN3[C@@H](C)COC[C@@H]3C)cc2)cc1. The molecule has 0 radical (unpaired) electrons. The molecule has 39 heavy (non-hydrogen) atoms. The van der Waals surface area contributed by atoms with E-state index in [9.17, 15) is 18.0 Å². The number of nitrogens with zero attached hydrogens (tertiary/aromatic N) is 2. The normalized spacial score (nSPS) is 24.7. The third-order valence-electron chi connectivity index (χ3n) is 7.25. The molecule has 2 aromatic carbocycles. The zero-order chi connectivity index (χ0) is 28.2. The molecule has 2 heterocycles. The topological polar surface area (TPSA) is 117 Å². The van der Waals surface area contributed by atoms with Gasteiger partial charge in [0.05, 0.1) is 49.3 Å². The van der Waals surface area contributed by atoms with Gasteiger partial charge in [-0.3, -0.25) is 19.4 Å². The van der Waals surface area contributed by atoms with Crippen LogP contribution in [-0.2, 0) is 28.9 Å². The minimum absolute atomic E-state index is 0.114. The molecule has 4 atom stereocenters. The van der Waals surface area contributed by atoms with Crippen molar-refractivity contribution < 1.29 is 27.5 Å². The quantitative estimate of drug-likeness (QED) is 0.508. The molecule has 0 aromatic heterocycles. The molecule has 10 nitrogen and oxygen atoms in total. The predicted octanol–water partition coefficient (Wildman–Crippen LogP) is 2.61. The lowest BCUT2D eigenvalue weighted by Crippen LogP contribution is -2.52. The molecule has 2 aromatic rings. The highest BCUT2D eigenvalue weighted by atomic mass is 32.2. The number of anilines is 2. The van der Waals surface area contributed by atoms with Crippen molar-refractivity contribution in [3.8, 4) is 0 Å².